The Kier molecular flexibility index (Phi) is 98.5. The molecule has 0 amide bonds. The standard InChI is InChI=1S/C3H6O2.2C2H3ClO.C2H4O2.CH4O.2CH4.Cl2OS/c1-3(4)5-2;3*1-2(3)4;1-2;;;1-4(2)3/h1-2H3;2*1H3;1H3,(H,3,4);2H,1H3;2*1H4;. The first-order valence-electron chi connectivity index (χ1n) is 4.95. The number of methoxy groups -OCH3 is 1. The molecule has 13 heteroatoms. The molecule has 0 aromatic heterocycles. The topological polar surface area (TPSA) is 135 Å². The van der Waals surface area contributed by atoms with Gasteiger partial charge in [0.05, 0.1) is 7.11 Å². The van der Waals surface area contributed by atoms with E-state index in [1.54, 1.807) is 0 Å². The lowest BCUT2D eigenvalue weighted by atomic mass is 10.8. The van der Waals surface area contributed by atoms with Gasteiger partial charge in [-0.2, -0.15) is 0 Å². The number of carboxylic acids is 1. The van der Waals surface area contributed by atoms with E-state index in [2.05, 4.69) is 49.3 Å². The average molecular weight is 474 g/mol. The summed E-state index contributed by atoms with van der Waals surface area (Å²) in [6, 6.07) is 0. The van der Waals surface area contributed by atoms with Crippen LogP contribution in [0.4, 0.5) is 0 Å². The van der Waals surface area contributed by atoms with Crippen molar-refractivity contribution in [3.05, 3.63) is 0 Å². The number of ether oxygens (including phenoxy) is 1. The van der Waals surface area contributed by atoms with Crippen LogP contribution >= 0.6 is 44.6 Å². The number of hydrogen-bond acceptors (Lipinski definition) is 7. The van der Waals surface area contributed by atoms with Gasteiger partial charge in [-0.1, -0.05) is 14.9 Å². The molecule has 0 aliphatic carbocycles. The van der Waals surface area contributed by atoms with Gasteiger partial charge in [-0.15, -0.1) is 0 Å². The van der Waals surface area contributed by atoms with Crippen LogP contribution in [-0.4, -0.2) is 51.1 Å². The molecule has 0 spiro atoms. The molecule has 0 heterocycles. The van der Waals surface area contributed by atoms with Crippen LogP contribution in [0.1, 0.15) is 42.5 Å². The van der Waals surface area contributed by atoms with E-state index >= 15 is 0 Å². The number of carbonyl (C=O) groups is 4. The van der Waals surface area contributed by atoms with Gasteiger partial charge in [0.15, 0.2) is 0 Å². The molecular weight excluding hydrogens is 446 g/mol. The highest BCUT2D eigenvalue weighted by Crippen LogP contribution is 1.89. The molecule has 0 rings (SSSR count). The zero-order chi connectivity index (χ0) is 20.6. The molecule has 0 atom stereocenters. The quantitative estimate of drug-likeness (QED) is 0.401. The summed E-state index contributed by atoms with van der Waals surface area (Å²) in [5, 5.41) is 13.7. The maximum absolute atomic E-state index is 9.59. The van der Waals surface area contributed by atoms with Crippen molar-refractivity contribution < 1.29 is 38.3 Å². The van der Waals surface area contributed by atoms with E-state index in [-0.39, 0.29) is 31.3 Å². The first-order valence-corrected chi connectivity index (χ1v) is 8.51. The van der Waals surface area contributed by atoms with Crippen LogP contribution in [0.2, 0.25) is 0 Å². The molecule has 0 fully saturated rings. The predicted octanol–water partition coefficient (Wildman–Crippen LogP) is 3.74. The highest BCUT2D eigenvalue weighted by molar-refractivity contribution is 8.26. The van der Waals surface area contributed by atoms with Crippen LogP contribution < -0.4 is 0 Å². The Balaban J connectivity index is -0.0000000231. The van der Waals surface area contributed by atoms with Crippen molar-refractivity contribution in [1.82, 2.24) is 0 Å². The van der Waals surface area contributed by atoms with E-state index in [9.17, 15) is 14.4 Å². The number of aliphatic hydroxyl groups is 1. The van der Waals surface area contributed by atoms with Crippen molar-refractivity contribution >= 4 is 76.2 Å². The van der Waals surface area contributed by atoms with Gasteiger partial charge < -0.3 is 14.9 Å². The number of aliphatic hydroxyl groups excluding tert-OH is 1. The molecule has 8 nitrogen and oxygen atoms in total. The Hall–Kier alpha value is -0.450. The molecule has 158 valence electrons. The summed E-state index contributed by atoms with van der Waals surface area (Å²) in [5.74, 6) is -1.08. The van der Waals surface area contributed by atoms with Gasteiger partial charge in [-0.05, 0) is 23.2 Å². The van der Waals surface area contributed by atoms with E-state index < -0.39 is 15.2 Å². The second-order valence-electron chi connectivity index (χ2n) is 2.34. The number of halogens is 4. The van der Waals surface area contributed by atoms with Crippen LogP contribution in [0.25, 0.3) is 0 Å². The number of esters is 1. The Bertz CT molecular complexity index is 264. The molecule has 25 heavy (non-hydrogen) atoms. The third-order valence-corrected chi connectivity index (χ3v) is 0.287. The molecule has 0 saturated heterocycles. The predicted molar refractivity (Wildman–Crippen MR) is 106 cm³/mol. The molecule has 0 saturated carbocycles. The lowest BCUT2D eigenvalue weighted by Crippen LogP contribution is -1.88. The maximum Gasteiger partial charge on any atom is 0.302 e. The minimum Gasteiger partial charge on any atom is -0.481 e. The van der Waals surface area contributed by atoms with Gasteiger partial charge >= 0.3 is 5.97 Å². The van der Waals surface area contributed by atoms with Crippen molar-refractivity contribution in [3.8, 4) is 0 Å². The van der Waals surface area contributed by atoms with Crippen molar-refractivity contribution in [1.29, 1.82) is 0 Å². The van der Waals surface area contributed by atoms with E-state index in [1.165, 1.54) is 27.9 Å². The maximum atomic E-state index is 9.59. The molecule has 0 aliphatic heterocycles. The molecule has 0 aliphatic rings. The van der Waals surface area contributed by atoms with E-state index in [0.717, 1.165) is 14.0 Å². The van der Waals surface area contributed by atoms with Gasteiger partial charge in [0.2, 0.25) is 19.7 Å². The molecule has 0 radical (unpaired) electrons. The SMILES string of the molecule is C.C.CC(=O)Cl.CC(=O)Cl.CC(=O)O.CO.COC(C)=O.O=S(Cl)Cl. The monoisotopic (exact) mass is 472 g/mol. The number of rotatable bonds is 0. The Morgan fingerprint density at radius 3 is 0.880 bits per heavy atom. The smallest absolute Gasteiger partial charge is 0.302 e. The Morgan fingerprint density at radius 1 is 0.840 bits per heavy atom. The highest BCUT2D eigenvalue weighted by atomic mass is 36.0. The summed E-state index contributed by atoms with van der Waals surface area (Å²) in [6.45, 7) is 5.03. The van der Waals surface area contributed by atoms with Crippen LogP contribution in [0.15, 0.2) is 0 Å². The van der Waals surface area contributed by atoms with Crippen LogP contribution in [0.3, 0.4) is 0 Å². The lowest BCUT2D eigenvalue weighted by molar-refractivity contribution is -0.138. The number of carboxylic acid groups (broad SMARTS) is 1. The molecule has 0 aromatic carbocycles. The fourth-order valence-electron chi connectivity index (χ4n) is 0. The third kappa shape index (κ3) is 4550. The first kappa shape index (κ1) is 49.7. The van der Waals surface area contributed by atoms with E-state index in [0.29, 0.717) is 0 Å². The van der Waals surface area contributed by atoms with E-state index in [4.69, 9.17) is 19.2 Å². The minimum absolute atomic E-state index is 0. The summed E-state index contributed by atoms with van der Waals surface area (Å²) in [5.41, 5.74) is 0. The zero-order valence-electron chi connectivity index (χ0n) is 13.3. The second kappa shape index (κ2) is 49.5. The number of hydrogen-bond donors (Lipinski definition) is 2. The second-order valence-corrected chi connectivity index (χ2v) is 5.93. The largest absolute Gasteiger partial charge is 0.481 e. The first-order chi connectivity index (χ1) is 10.2. The van der Waals surface area contributed by atoms with Crippen molar-refractivity contribution in [2.45, 2.75) is 42.5 Å². The Morgan fingerprint density at radius 2 is 0.880 bits per heavy atom. The summed E-state index contributed by atoms with van der Waals surface area (Å²) >= 11 is 9.27. The van der Waals surface area contributed by atoms with Gasteiger partial charge in [-0.3, -0.25) is 19.2 Å². The average Bonchev–Trinajstić information content (AvgIpc) is 2.28. The van der Waals surface area contributed by atoms with Crippen molar-refractivity contribution in [2.75, 3.05) is 14.2 Å². The summed E-state index contributed by atoms with van der Waals surface area (Å²) in [4.78, 5) is 37.0. The van der Waals surface area contributed by atoms with Crippen LogP contribution in [-0.2, 0) is 33.1 Å². The highest BCUT2D eigenvalue weighted by Gasteiger charge is 1.75. The van der Waals surface area contributed by atoms with Crippen LogP contribution in [0.5, 0.6) is 0 Å². The summed E-state index contributed by atoms with van der Waals surface area (Å²) in [6.07, 6.45) is 0. The lowest BCUT2D eigenvalue weighted by Gasteiger charge is -1.80. The van der Waals surface area contributed by atoms with Gasteiger partial charge in [-0.25, -0.2) is 4.21 Å². The molecular formula is C12H28Cl4O8S. The molecule has 0 unspecified atom stereocenters. The zero-order valence-corrected chi connectivity index (χ0v) is 17.1. The number of carbonyl (C=O) groups excluding carboxylic acids is 3. The summed E-state index contributed by atoms with van der Waals surface area (Å²) in [7, 11) is 9.71. The Labute approximate surface area is 171 Å². The van der Waals surface area contributed by atoms with Gasteiger partial charge in [0.25, 0.3) is 5.97 Å². The third-order valence-electron chi connectivity index (χ3n) is 0.287. The minimum atomic E-state index is -1.67. The van der Waals surface area contributed by atoms with Crippen LogP contribution in [0, 0.1) is 0 Å². The van der Waals surface area contributed by atoms with Gasteiger partial charge in [0, 0.05) is 56.2 Å². The number of aliphatic carboxylic acids is 1. The van der Waals surface area contributed by atoms with Crippen molar-refractivity contribution in [3.63, 3.8) is 0 Å². The molecule has 2 N–H and O–H groups in total. The normalized spacial score (nSPS) is 6.08. The van der Waals surface area contributed by atoms with Gasteiger partial charge in [0.1, 0.15) is 0 Å². The van der Waals surface area contributed by atoms with E-state index in [1.807, 2.05) is 0 Å². The molecule has 0 aromatic rings. The molecule has 0 bridgehead atoms. The fourth-order valence-corrected chi connectivity index (χ4v) is 0. The van der Waals surface area contributed by atoms with Crippen molar-refractivity contribution in [2.24, 2.45) is 0 Å². The fraction of sp³-hybridized carbons (Fsp3) is 0.667. The summed E-state index contributed by atoms with van der Waals surface area (Å²) < 4.78 is 13.2.